The predicted octanol–water partition coefficient (Wildman–Crippen LogP) is 4.44. The first-order valence-electron chi connectivity index (χ1n) is 10.4. The zero-order chi connectivity index (χ0) is 23.2. The van der Waals surface area contributed by atoms with Crippen LogP contribution in [0.4, 0.5) is 14.6 Å². The van der Waals surface area contributed by atoms with Gasteiger partial charge in [-0.05, 0) is 64.2 Å². The Labute approximate surface area is 183 Å². The van der Waals surface area contributed by atoms with Gasteiger partial charge in [0, 0.05) is 36.8 Å². The molecule has 1 heterocycles. The number of halogens is 2. The van der Waals surface area contributed by atoms with E-state index in [4.69, 9.17) is 0 Å². The topological polar surface area (TPSA) is 58.4 Å². The Morgan fingerprint density at radius 3 is 2.52 bits per heavy atom. The molecule has 2 aromatic rings. The third-order valence-corrected chi connectivity index (χ3v) is 5.89. The van der Waals surface area contributed by atoms with Gasteiger partial charge in [-0.25, -0.2) is 13.8 Å². The molecule has 0 fully saturated rings. The summed E-state index contributed by atoms with van der Waals surface area (Å²) in [6.07, 6.45) is 3.22. The highest BCUT2D eigenvalue weighted by Gasteiger charge is 2.37. The lowest BCUT2D eigenvalue weighted by Crippen LogP contribution is -2.38. The fourth-order valence-electron chi connectivity index (χ4n) is 4.18. The first-order valence-corrected chi connectivity index (χ1v) is 10.4. The highest BCUT2D eigenvalue weighted by Crippen LogP contribution is 2.41. The van der Waals surface area contributed by atoms with Gasteiger partial charge in [0.15, 0.2) is 0 Å². The van der Waals surface area contributed by atoms with Gasteiger partial charge < -0.3 is 15.2 Å². The fraction of sp³-hybridized carbons (Fsp3) is 0.417. The Morgan fingerprint density at radius 1 is 1.26 bits per heavy atom. The molecule has 1 aromatic heterocycles. The Balaban J connectivity index is 2.38. The average Bonchev–Trinajstić information content (AvgIpc) is 3.10. The van der Waals surface area contributed by atoms with Crippen LogP contribution >= 0.6 is 0 Å². The van der Waals surface area contributed by atoms with Crippen molar-refractivity contribution in [2.45, 2.75) is 38.5 Å². The minimum absolute atomic E-state index is 0.275. The number of amides is 1. The minimum atomic E-state index is -0.754. The SMILES string of the molecule is C=Nc1c(C(=O)NCCC(CCNC)(C(=C)C)c2c(F)cc(F)cc2CC)ccn1C. The maximum Gasteiger partial charge on any atom is 0.255 e. The molecule has 168 valence electrons. The van der Waals surface area contributed by atoms with Crippen molar-refractivity contribution in [1.82, 2.24) is 15.2 Å². The van der Waals surface area contributed by atoms with Crippen LogP contribution in [0.15, 0.2) is 41.5 Å². The fourth-order valence-corrected chi connectivity index (χ4v) is 4.18. The normalized spacial score (nSPS) is 13.0. The van der Waals surface area contributed by atoms with Gasteiger partial charge in [0.25, 0.3) is 5.91 Å². The number of nitrogens with one attached hydrogen (secondary N) is 2. The summed E-state index contributed by atoms with van der Waals surface area (Å²) in [6.45, 7) is 12.3. The molecule has 0 aliphatic heterocycles. The predicted molar refractivity (Wildman–Crippen MR) is 122 cm³/mol. The summed E-state index contributed by atoms with van der Waals surface area (Å²) >= 11 is 0. The van der Waals surface area contributed by atoms with E-state index >= 15 is 4.39 Å². The highest BCUT2D eigenvalue weighted by atomic mass is 19.1. The summed E-state index contributed by atoms with van der Waals surface area (Å²) in [5, 5.41) is 6.03. The lowest BCUT2D eigenvalue weighted by molar-refractivity contribution is 0.0951. The summed E-state index contributed by atoms with van der Waals surface area (Å²) in [5.41, 5.74) is 1.52. The monoisotopic (exact) mass is 430 g/mol. The van der Waals surface area contributed by atoms with Gasteiger partial charge in [0.2, 0.25) is 0 Å². The molecule has 0 saturated heterocycles. The number of nitrogens with zero attached hydrogens (tertiary/aromatic N) is 2. The van der Waals surface area contributed by atoms with Crippen molar-refractivity contribution in [3.8, 4) is 0 Å². The number of hydrogen-bond acceptors (Lipinski definition) is 3. The molecule has 0 radical (unpaired) electrons. The maximum absolute atomic E-state index is 15.1. The number of hydrogen-bond donors (Lipinski definition) is 2. The molecule has 0 bridgehead atoms. The van der Waals surface area contributed by atoms with E-state index in [-0.39, 0.29) is 5.91 Å². The molecule has 0 aliphatic rings. The number of aryl methyl sites for hydroxylation is 2. The lowest BCUT2D eigenvalue weighted by atomic mass is 9.68. The van der Waals surface area contributed by atoms with E-state index in [1.54, 1.807) is 23.9 Å². The Bertz CT molecular complexity index is 967. The summed E-state index contributed by atoms with van der Waals surface area (Å²) in [7, 11) is 3.61. The van der Waals surface area contributed by atoms with Gasteiger partial charge in [-0.3, -0.25) is 4.79 Å². The van der Waals surface area contributed by atoms with Crippen LogP contribution in [0.25, 0.3) is 0 Å². The number of allylic oxidation sites excluding steroid dienone is 1. The smallest absolute Gasteiger partial charge is 0.255 e. The van der Waals surface area contributed by atoms with E-state index in [2.05, 4.69) is 28.9 Å². The molecule has 7 heteroatoms. The molecule has 31 heavy (non-hydrogen) atoms. The molecule has 0 saturated carbocycles. The van der Waals surface area contributed by atoms with E-state index < -0.39 is 17.0 Å². The van der Waals surface area contributed by atoms with Gasteiger partial charge in [-0.2, -0.15) is 0 Å². The summed E-state index contributed by atoms with van der Waals surface area (Å²) in [5.74, 6) is -0.966. The van der Waals surface area contributed by atoms with Crippen LogP contribution in [0.5, 0.6) is 0 Å². The quantitative estimate of drug-likeness (QED) is 0.409. The van der Waals surface area contributed by atoms with Crippen LogP contribution in [-0.2, 0) is 18.9 Å². The first kappa shape index (κ1) is 24.5. The molecule has 1 aromatic carbocycles. The molecule has 2 rings (SSSR count). The molecule has 1 amide bonds. The van der Waals surface area contributed by atoms with Gasteiger partial charge in [-0.15, -0.1) is 0 Å². The van der Waals surface area contributed by atoms with Crippen LogP contribution < -0.4 is 10.6 Å². The molecule has 0 spiro atoms. The van der Waals surface area contributed by atoms with E-state index in [0.29, 0.717) is 54.9 Å². The van der Waals surface area contributed by atoms with Gasteiger partial charge in [0.05, 0.1) is 5.56 Å². The molecule has 5 nitrogen and oxygen atoms in total. The minimum Gasteiger partial charge on any atom is -0.352 e. The second-order valence-electron chi connectivity index (χ2n) is 7.82. The molecule has 1 unspecified atom stereocenters. The van der Waals surface area contributed by atoms with E-state index in [1.165, 1.54) is 6.07 Å². The lowest BCUT2D eigenvalue weighted by Gasteiger charge is -2.37. The van der Waals surface area contributed by atoms with E-state index in [9.17, 15) is 9.18 Å². The number of carbonyl (C=O) groups excluding carboxylic acids is 1. The molecule has 1 atom stereocenters. The van der Waals surface area contributed by atoms with E-state index in [1.807, 2.05) is 20.9 Å². The van der Waals surface area contributed by atoms with Crippen molar-refractivity contribution in [3.63, 3.8) is 0 Å². The Hall–Kier alpha value is -2.80. The molecule has 0 aliphatic carbocycles. The van der Waals surface area contributed by atoms with Crippen LogP contribution in [0.2, 0.25) is 0 Å². The van der Waals surface area contributed by atoms with Crippen LogP contribution in [-0.4, -0.2) is 37.3 Å². The van der Waals surface area contributed by atoms with Crippen LogP contribution in [0.3, 0.4) is 0 Å². The number of carbonyl (C=O) groups is 1. The van der Waals surface area contributed by atoms with Crippen molar-refractivity contribution in [2.75, 3.05) is 20.1 Å². The van der Waals surface area contributed by atoms with Crippen molar-refractivity contribution < 1.29 is 13.6 Å². The van der Waals surface area contributed by atoms with Crippen molar-refractivity contribution in [2.24, 2.45) is 12.0 Å². The zero-order valence-corrected chi connectivity index (χ0v) is 18.8. The highest BCUT2D eigenvalue weighted by molar-refractivity contribution is 5.98. The number of rotatable bonds is 11. The summed E-state index contributed by atoms with van der Waals surface area (Å²) in [6, 6.07) is 4.00. The molecular weight excluding hydrogens is 398 g/mol. The molecular formula is C24H32F2N4O. The summed E-state index contributed by atoms with van der Waals surface area (Å²) < 4.78 is 30.7. The number of aliphatic imine (C=N–C) groups is 1. The van der Waals surface area contributed by atoms with Crippen LogP contribution in [0.1, 0.15) is 48.2 Å². The Kier molecular flexibility index (Phi) is 8.28. The van der Waals surface area contributed by atoms with Gasteiger partial charge in [-0.1, -0.05) is 19.1 Å². The number of aromatic nitrogens is 1. The zero-order valence-electron chi connectivity index (χ0n) is 18.8. The second-order valence-corrected chi connectivity index (χ2v) is 7.82. The standard InChI is InChI=1S/C24H32F2N4O/c1-7-17-14-18(25)15-20(26)21(17)24(16(2)3,9-11-27-4)10-12-29-23(31)19-8-13-30(6)22(19)28-5/h8,13-15,27H,2,5,7,9-12H2,1,3-4,6H3,(H,29,31). The van der Waals surface area contributed by atoms with Crippen molar-refractivity contribution >= 4 is 18.4 Å². The largest absolute Gasteiger partial charge is 0.352 e. The average molecular weight is 431 g/mol. The van der Waals surface area contributed by atoms with Crippen molar-refractivity contribution in [1.29, 1.82) is 0 Å². The van der Waals surface area contributed by atoms with Gasteiger partial charge >= 0.3 is 0 Å². The first-order chi connectivity index (χ1) is 14.7. The maximum atomic E-state index is 15.1. The summed E-state index contributed by atoms with van der Waals surface area (Å²) in [4.78, 5) is 16.6. The van der Waals surface area contributed by atoms with E-state index in [0.717, 1.165) is 11.6 Å². The Morgan fingerprint density at radius 2 is 1.94 bits per heavy atom. The molecule has 2 N–H and O–H groups in total. The van der Waals surface area contributed by atoms with Gasteiger partial charge in [0.1, 0.15) is 17.5 Å². The third-order valence-electron chi connectivity index (χ3n) is 5.89. The number of benzene rings is 1. The van der Waals surface area contributed by atoms with Crippen LogP contribution in [0, 0.1) is 11.6 Å². The third kappa shape index (κ3) is 5.10. The second kappa shape index (κ2) is 10.5. The van der Waals surface area contributed by atoms with Crippen molar-refractivity contribution in [3.05, 3.63) is 64.9 Å².